The lowest BCUT2D eigenvalue weighted by Gasteiger charge is -2.10. The largest absolute Gasteiger partial charge is 0.456 e. The van der Waals surface area contributed by atoms with E-state index < -0.39 is 0 Å². The predicted molar refractivity (Wildman–Crippen MR) is 77.3 cm³/mol. The summed E-state index contributed by atoms with van der Waals surface area (Å²) in [4.78, 5) is 0. The highest BCUT2D eigenvalue weighted by molar-refractivity contribution is 9.10. The molecule has 0 aromatic heterocycles. The Morgan fingerprint density at radius 1 is 1.11 bits per heavy atom. The Labute approximate surface area is 120 Å². The van der Waals surface area contributed by atoms with E-state index in [1.54, 1.807) is 7.11 Å². The number of aliphatic hydroxyl groups excluding tert-OH is 1. The summed E-state index contributed by atoms with van der Waals surface area (Å²) < 4.78 is 11.7. The van der Waals surface area contributed by atoms with Gasteiger partial charge in [-0.1, -0.05) is 18.2 Å². The third kappa shape index (κ3) is 3.80. The van der Waals surface area contributed by atoms with E-state index in [9.17, 15) is 0 Å². The highest BCUT2D eigenvalue weighted by Gasteiger charge is 2.04. The fourth-order valence-corrected chi connectivity index (χ4v) is 2.23. The summed E-state index contributed by atoms with van der Waals surface area (Å²) in [5, 5.41) is 9.06. The first-order valence-electron chi connectivity index (χ1n) is 5.88. The van der Waals surface area contributed by atoms with E-state index >= 15 is 0 Å². The smallest absolute Gasteiger partial charge is 0.141 e. The van der Waals surface area contributed by atoms with Gasteiger partial charge in [0.05, 0.1) is 17.7 Å². The molecule has 0 heterocycles. The van der Waals surface area contributed by atoms with Crippen molar-refractivity contribution in [2.75, 3.05) is 7.11 Å². The molecule has 2 rings (SSSR count). The van der Waals surface area contributed by atoms with Gasteiger partial charge in [0.1, 0.15) is 11.5 Å². The van der Waals surface area contributed by atoms with Crippen LogP contribution in [0.2, 0.25) is 0 Å². The van der Waals surface area contributed by atoms with E-state index in [2.05, 4.69) is 15.9 Å². The molecule has 0 saturated heterocycles. The van der Waals surface area contributed by atoms with Crippen molar-refractivity contribution in [3.63, 3.8) is 0 Å². The lowest BCUT2D eigenvalue weighted by atomic mass is 10.2. The van der Waals surface area contributed by atoms with Gasteiger partial charge in [0.15, 0.2) is 0 Å². The zero-order valence-corrected chi connectivity index (χ0v) is 12.2. The summed E-state index contributed by atoms with van der Waals surface area (Å²) in [6.45, 7) is 0.573. The van der Waals surface area contributed by atoms with Crippen LogP contribution in [0.15, 0.2) is 46.9 Å². The summed E-state index contributed by atoms with van der Waals surface area (Å²) in [5.41, 5.74) is 1.90. The number of aliphatic hydroxyl groups is 1. The second kappa shape index (κ2) is 6.70. The molecule has 3 nitrogen and oxygen atoms in total. The van der Waals surface area contributed by atoms with Gasteiger partial charge in [0.2, 0.25) is 0 Å². The number of hydrogen-bond acceptors (Lipinski definition) is 3. The van der Waals surface area contributed by atoms with Crippen molar-refractivity contribution in [3.8, 4) is 11.5 Å². The number of halogens is 1. The molecule has 4 heteroatoms. The molecule has 1 N–H and O–H groups in total. The first-order valence-corrected chi connectivity index (χ1v) is 6.67. The van der Waals surface area contributed by atoms with Crippen LogP contribution >= 0.6 is 15.9 Å². The van der Waals surface area contributed by atoms with E-state index in [4.69, 9.17) is 14.6 Å². The number of methoxy groups -OCH3 is 1. The summed E-state index contributed by atoms with van der Waals surface area (Å²) in [7, 11) is 1.66. The predicted octanol–water partition coefficient (Wildman–Crippen LogP) is 3.88. The average molecular weight is 323 g/mol. The van der Waals surface area contributed by atoms with Crippen LogP contribution < -0.4 is 4.74 Å². The van der Waals surface area contributed by atoms with Gasteiger partial charge in [-0.15, -0.1) is 0 Å². The van der Waals surface area contributed by atoms with E-state index in [1.807, 2.05) is 42.5 Å². The second-order valence-electron chi connectivity index (χ2n) is 4.11. The molecule has 0 atom stereocenters. The van der Waals surface area contributed by atoms with Crippen LogP contribution in [0.4, 0.5) is 0 Å². The van der Waals surface area contributed by atoms with Crippen LogP contribution in [-0.4, -0.2) is 12.2 Å². The van der Waals surface area contributed by atoms with Crippen LogP contribution in [0, 0.1) is 0 Å². The molecule has 0 amide bonds. The van der Waals surface area contributed by atoms with Crippen molar-refractivity contribution in [2.45, 2.75) is 13.2 Å². The molecule has 0 fully saturated rings. The first-order chi connectivity index (χ1) is 9.22. The molecule has 0 aliphatic carbocycles. The van der Waals surface area contributed by atoms with Crippen LogP contribution in [0.3, 0.4) is 0 Å². The number of hydrogen-bond donors (Lipinski definition) is 1. The fourth-order valence-electron chi connectivity index (χ4n) is 1.72. The van der Waals surface area contributed by atoms with E-state index in [-0.39, 0.29) is 6.61 Å². The van der Waals surface area contributed by atoms with Gasteiger partial charge < -0.3 is 14.6 Å². The van der Waals surface area contributed by atoms with Crippen molar-refractivity contribution >= 4 is 15.9 Å². The Morgan fingerprint density at radius 2 is 1.95 bits per heavy atom. The molecule has 100 valence electrons. The highest BCUT2D eigenvalue weighted by Crippen LogP contribution is 2.30. The van der Waals surface area contributed by atoms with Gasteiger partial charge in [-0.2, -0.15) is 0 Å². The minimum Gasteiger partial charge on any atom is -0.456 e. The van der Waals surface area contributed by atoms with E-state index in [0.29, 0.717) is 12.4 Å². The monoisotopic (exact) mass is 322 g/mol. The topological polar surface area (TPSA) is 38.7 Å². The maximum absolute atomic E-state index is 9.06. The maximum atomic E-state index is 9.06. The lowest BCUT2D eigenvalue weighted by Crippen LogP contribution is -1.91. The number of ether oxygens (including phenoxy) is 2. The van der Waals surface area contributed by atoms with E-state index in [0.717, 1.165) is 21.3 Å². The minimum atomic E-state index is 0.0161. The Morgan fingerprint density at radius 3 is 2.63 bits per heavy atom. The van der Waals surface area contributed by atoms with Crippen LogP contribution in [-0.2, 0) is 18.0 Å². The molecule has 0 saturated carbocycles. The van der Waals surface area contributed by atoms with Crippen LogP contribution in [0.1, 0.15) is 11.1 Å². The Balaban J connectivity index is 2.18. The Kier molecular flexibility index (Phi) is 4.96. The third-order valence-corrected chi connectivity index (χ3v) is 3.24. The average Bonchev–Trinajstić information content (AvgIpc) is 2.42. The Bertz CT molecular complexity index is 555. The molecule has 0 bridgehead atoms. The summed E-state index contributed by atoms with van der Waals surface area (Å²) >= 11 is 3.43. The Hall–Kier alpha value is -1.36. The van der Waals surface area contributed by atoms with Crippen molar-refractivity contribution in [1.82, 2.24) is 0 Å². The van der Waals surface area contributed by atoms with Gasteiger partial charge in [-0.05, 0) is 51.3 Å². The molecule has 0 spiro atoms. The van der Waals surface area contributed by atoms with Crippen molar-refractivity contribution in [3.05, 3.63) is 58.1 Å². The molecule has 0 aliphatic rings. The van der Waals surface area contributed by atoms with Gasteiger partial charge in [0.25, 0.3) is 0 Å². The van der Waals surface area contributed by atoms with Crippen LogP contribution in [0.25, 0.3) is 0 Å². The van der Waals surface area contributed by atoms with Gasteiger partial charge in [-0.25, -0.2) is 0 Å². The van der Waals surface area contributed by atoms with Gasteiger partial charge >= 0.3 is 0 Å². The molecule has 2 aromatic rings. The van der Waals surface area contributed by atoms with E-state index in [1.165, 1.54) is 0 Å². The minimum absolute atomic E-state index is 0.0161. The molecule has 0 radical (unpaired) electrons. The molecule has 0 unspecified atom stereocenters. The van der Waals surface area contributed by atoms with Gasteiger partial charge in [0, 0.05) is 7.11 Å². The van der Waals surface area contributed by atoms with Crippen molar-refractivity contribution in [2.24, 2.45) is 0 Å². The summed E-state index contributed by atoms with van der Waals surface area (Å²) in [6.07, 6.45) is 0. The normalized spacial score (nSPS) is 10.5. The highest BCUT2D eigenvalue weighted by atomic mass is 79.9. The maximum Gasteiger partial charge on any atom is 0.141 e. The third-order valence-electron chi connectivity index (χ3n) is 2.62. The summed E-state index contributed by atoms with van der Waals surface area (Å²) in [5.74, 6) is 1.47. The van der Waals surface area contributed by atoms with Crippen LogP contribution in [0.5, 0.6) is 11.5 Å². The standard InChI is InChI=1S/C15H15BrO3/c1-18-10-12-3-2-4-13(7-12)19-15-6-5-11(9-17)8-14(15)16/h2-8,17H,9-10H2,1H3. The first kappa shape index (κ1) is 14.1. The second-order valence-corrected chi connectivity index (χ2v) is 4.96. The fraction of sp³-hybridized carbons (Fsp3) is 0.200. The number of rotatable bonds is 5. The quantitative estimate of drug-likeness (QED) is 0.907. The molecule has 2 aromatic carbocycles. The zero-order valence-electron chi connectivity index (χ0n) is 10.6. The van der Waals surface area contributed by atoms with Gasteiger partial charge in [-0.3, -0.25) is 0 Å². The SMILES string of the molecule is COCc1cccc(Oc2ccc(CO)cc2Br)c1. The molecular formula is C15H15BrO3. The summed E-state index contributed by atoms with van der Waals surface area (Å²) in [6, 6.07) is 13.3. The van der Waals surface area contributed by atoms with Crippen molar-refractivity contribution < 1.29 is 14.6 Å². The number of benzene rings is 2. The van der Waals surface area contributed by atoms with Crippen molar-refractivity contribution in [1.29, 1.82) is 0 Å². The lowest BCUT2D eigenvalue weighted by molar-refractivity contribution is 0.184. The zero-order chi connectivity index (χ0) is 13.7. The molecular weight excluding hydrogens is 308 g/mol. The molecule has 19 heavy (non-hydrogen) atoms. The molecule has 0 aliphatic heterocycles.